The van der Waals surface area contributed by atoms with Crippen LogP contribution in [0, 0.1) is 6.92 Å². The van der Waals surface area contributed by atoms with E-state index >= 15 is 0 Å². The Labute approximate surface area is 143 Å². The Morgan fingerprint density at radius 1 is 1.25 bits per heavy atom. The van der Waals surface area contributed by atoms with Gasteiger partial charge in [0.1, 0.15) is 5.69 Å². The molecule has 128 valence electrons. The van der Waals surface area contributed by atoms with Crippen LogP contribution < -0.4 is 5.32 Å². The van der Waals surface area contributed by atoms with Crippen molar-refractivity contribution >= 4 is 5.91 Å². The molecule has 1 atom stereocenters. The third-order valence-electron chi connectivity index (χ3n) is 4.93. The van der Waals surface area contributed by atoms with Crippen LogP contribution in [0.15, 0.2) is 36.4 Å². The van der Waals surface area contributed by atoms with Crippen molar-refractivity contribution in [2.45, 2.75) is 38.8 Å². The van der Waals surface area contributed by atoms with E-state index in [1.165, 1.54) is 5.56 Å². The van der Waals surface area contributed by atoms with Crippen LogP contribution in [0.4, 0.5) is 0 Å². The van der Waals surface area contributed by atoms with Gasteiger partial charge in [0.05, 0.1) is 5.69 Å². The van der Waals surface area contributed by atoms with Crippen molar-refractivity contribution in [1.82, 2.24) is 20.0 Å². The van der Waals surface area contributed by atoms with Crippen LogP contribution in [0.3, 0.4) is 0 Å². The summed E-state index contributed by atoms with van der Waals surface area (Å²) in [6, 6.07) is 13.1. The Kier molecular flexibility index (Phi) is 5.00. The topological polar surface area (TPSA) is 50.2 Å². The van der Waals surface area contributed by atoms with Crippen molar-refractivity contribution < 1.29 is 4.79 Å². The fourth-order valence-electron chi connectivity index (χ4n) is 3.46. The fraction of sp³-hybridized carbons (Fsp3) is 0.474. The van der Waals surface area contributed by atoms with Gasteiger partial charge in [-0.2, -0.15) is 5.10 Å². The van der Waals surface area contributed by atoms with Gasteiger partial charge in [-0.1, -0.05) is 30.3 Å². The summed E-state index contributed by atoms with van der Waals surface area (Å²) < 4.78 is 1.65. The lowest BCUT2D eigenvalue weighted by Crippen LogP contribution is -2.45. The normalized spacial score (nSPS) is 17.6. The van der Waals surface area contributed by atoms with E-state index in [1.54, 1.807) is 4.68 Å². The van der Waals surface area contributed by atoms with Crippen LogP contribution in [0.2, 0.25) is 0 Å². The molecule has 3 rings (SSSR count). The highest BCUT2D eigenvalue weighted by Crippen LogP contribution is 2.24. The summed E-state index contributed by atoms with van der Waals surface area (Å²) in [6.07, 6.45) is 1.97. The lowest BCUT2D eigenvalue weighted by molar-refractivity contribution is 0.0886. The van der Waals surface area contributed by atoms with Gasteiger partial charge in [-0.3, -0.25) is 14.4 Å². The maximum Gasteiger partial charge on any atom is 0.269 e. The largest absolute Gasteiger partial charge is 0.348 e. The number of hydrogen-bond donors (Lipinski definition) is 1. The Hall–Kier alpha value is -2.14. The number of carbonyl (C=O) groups excluding carboxylic acids is 1. The van der Waals surface area contributed by atoms with Gasteiger partial charge in [0.2, 0.25) is 0 Å². The highest BCUT2D eigenvalue weighted by atomic mass is 16.2. The summed E-state index contributed by atoms with van der Waals surface area (Å²) in [4.78, 5) is 14.9. The Morgan fingerprint density at radius 3 is 2.50 bits per heavy atom. The lowest BCUT2D eigenvalue weighted by atomic mass is 10.00. The zero-order valence-corrected chi connectivity index (χ0v) is 14.7. The van der Waals surface area contributed by atoms with Crippen molar-refractivity contribution in [3.63, 3.8) is 0 Å². The number of likely N-dealkylation sites (tertiary alicyclic amines) is 1. The first-order valence-electron chi connectivity index (χ1n) is 8.65. The molecule has 0 aliphatic carbocycles. The van der Waals surface area contributed by atoms with Crippen LogP contribution in [-0.2, 0) is 7.05 Å². The van der Waals surface area contributed by atoms with Gasteiger partial charge in [-0.25, -0.2) is 0 Å². The van der Waals surface area contributed by atoms with Crippen LogP contribution in [-0.4, -0.2) is 39.7 Å². The number of rotatable bonds is 4. The average molecular weight is 326 g/mol. The molecule has 0 saturated carbocycles. The molecule has 24 heavy (non-hydrogen) atoms. The molecule has 1 amide bonds. The highest BCUT2D eigenvalue weighted by Gasteiger charge is 2.25. The molecule has 0 radical (unpaired) electrons. The second-order valence-corrected chi connectivity index (χ2v) is 6.66. The number of aryl methyl sites for hydroxylation is 2. The first-order valence-corrected chi connectivity index (χ1v) is 8.65. The van der Waals surface area contributed by atoms with E-state index < -0.39 is 0 Å². The molecular weight excluding hydrogens is 300 g/mol. The molecule has 1 saturated heterocycles. The van der Waals surface area contributed by atoms with Gasteiger partial charge in [-0.15, -0.1) is 0 Å². The van der Waals surface area contributed by atoms with Crippen LogP contribution >= 0.6 is 0 Å². The third kappa shape index (κ3) is 3.67. The number of nitrogens with one attached hydrogen (secondary N) is 1. The summed E-state index contributed by atoms with van der Waals surface area (Å²) in [5, 5.41) is 7.40. The smallest absolute Gasteiger partial charge is 0.269 e. The monoisotopic (exact) mass is 326 g/mol. The first kappa shape index (κ1) is 16.7. The van der Waals surface area contributed by atoms with Crippen molar-refractivity contribution in [2.24, 2.45) is 7.05 Å². The van der Waals surface area contributed by atoms with Crippen molar-refractivity contribution in [3.8, 4) is 0 Å². The fourth-order valence-corrected chi connectivity index (χ4v) is 3.46. The number of nitrogens with zero attached hydrogens (tertiary/aromatic N) is 3. The van der Waals surface area contributed by atoms with Gasteiger partial charge >= 0.3 is 0 Å². The van der Waals surface area contributed by atoms with Crippen LogP contribution in [0.1, 0.15) is 47.6 Å². The van der Waals surface area contributed by atoms with E-state index in [9.17, 15) is 4.79 Å². The number of piperidine rings is 1. The second kappa shape index (κ2) is 7.18. The van der Waals surface area contributed by atoms with Crippen LogP contribution in [0.25, 0.3) is 0 Å². The molecule has 1 aromatic carbocycles. The van der Waals surface area contributed by atoms with Crippen molar-refractivity contribution in [3.05, 3.63) is 53.3 Å². The van der Waals surface area contributed by atoms with Gasteiger partial charge in [0.25, 0.3) is 5.91 Å². The minimum atomic E-state index is -0.0207. The molecule has 5 nitrogen and oxygen atoms in total. The van der Waals surface area contributed by atoms with Crippen molar-refractivity contribution in [2.75, 3.05) is 13.1 Å². The molecule has 1 aromatic heterocycles. The van der Waals surface area contributed by atoms with E-state index in [0.717, 1.165) is 31.6 Å². The van der Waals surface area contributed by atoms with E-state index in [0.29, 0.717) is 11.7 Å². The Bertz CT molecular complexity index is 687. The van der Waals surface area contributed by atoms with Gasteiger partial charge < -0.3 is 5.32 Å². The van der Waals surface area contributed by atoms with Gasteiger partial charge in [0.15, 0.2) is 0 Å². The molecule has 0 spiro atoms. The van der Waals surface area contributed by atoms with E-state index in [4.69, 9.17) is 0 Å². The SMILES string of the molecule is Cc1cc(C(=O)NC2CCN(C(C)c3ccccc3)CC2)n(C)n1. The average Bonchev–Trinajstić information content (AvgIpc) is 2.94. The Morgan fingerprint density at radius 2 is 1.92 bits per heavy atom. The quantitative estimate of drug-likeness (QED) is 0.940. The maximum absolute atomic E-state index is 12.4. The van der Waals surface area contributed by atoms with E-state index in [2.05, 4.69) is 52.6 Å². The first-order chi connectivity index (χ1) is 11.5. The molecule has 2 heterocycles. The number of hydrogen-bond acceptors (Lipinski definition) is 3. The summed E-state index contributed by atoms with van der Waals surface area (Å²) in [7, 11) is 1.81. The number of amides is 1. The molecule has 1 unspecified atom stereocenters. The standard InChI is InChI=1S/C19H26N4O/c1-14-13-18(22(3)21-14)19(24)20-17-9-11-23(12-10-17)15(2)16-7-5-4-6-8-16/h4-8,13,15,17H,9-12H2,1-3H3,(H,20,24). The molecule has 1 aliphatic rings. The number of aromatic nitrogens is 2. The predicted molar refractivity (Wildman–Crippen MR) is 94.9 cm³/mol. The molecule has 1 N–H and O–H groups in total. The van der Waals surface area contributed by atoms with Gasteiger partial charge in [0, 0.05) is 32.2 Å². The predicted octanol–water partition coefficient (Wildman–Crippen LogP) is 2.68. The minimum Gasteiger partial charge on any atom is -0.348 e. The van der Waals surface area contributed by atoms with Crippen LogP contribution in [0.5, 0.6) is 0 Å². The second-order valence-electron chi connectivity index (χ2n) is 6.66. The molecule has 1 aliphatic heterocycles. The summed E-state index contributed by atoms with van der Waals surface area (Å²) in [5.41, 5.74) is 2.85. The van der Waals surface area contributed by atoms with Crippen molar-refractivity contribution in [1.29, 1.82) is 0 Å². The maximum atomic E-state index is 12.4. The Balaban J connectivity index is 1.54. The van der Waals surface area contributed by atoms with Gasteiger partial charge in [-0.05, 0) is 38.3 Å². The lowest BCUT2D eigenvalue weighted by Gasteiger charge is -2.36. The minimum absolute atomic E-state index is 0.0207. The molecule has 0 bridgehead atoms. The molecular formula is C19H26N4O. The summed E-state index contributed by atoms with van der Waals surface area (Å²) in [6.45, 7) is 6.17. The molecule has 1 fully saturated rings. The third-order valence-corrected chi connectivity index (χ3v) is 4.93. The molecule has 5 heteroatoms. The zero-order chi connectivity index (χ0) is 17.1. The highest BCUT2D eigenvalue weighted by molar-refractivity contribution is 5.92. The number of benzene rings is 1. The zero-order valence-electron chi connectivity index (χ0n) is 14.7. The summed E-state index contributed by atoms with van der Waals surface area (Å²) in [5.74, 6) is -0.0207. The van der Waals surface area contributed by atoms with E-state index in [1.807, 2.05) is 20.0 Å². The summed E-state index contributed by atoms with van der Waals surface area (Å²) >= 11 is 0. The van der Waals surface area contributed by atoms with E-state index in [-0.39, 0.29) is 11.9 Å². The number of carbonyl (C=O) groups is 1. The molecule has 2 aromatic rings.